The van der Waals surface area contributed by atoms with Crippen LogP contribution >= 0.6 is 0 Å². The van der Waals surface area contributed by atoms with Crippen molar-refractivity contribution in [1.29, 1.82) is 0 Å². The Morgan fingerprint density at radius 2 is 2.11 bits per heavy atom. The van der Waals surface area contributed by atoms with Gasteiger partial charge in [0.25, 0.3) is 0 Å². The van der Waals surface area contributed by atoms with Crippen LogP contribution in [-0.2, 0) is 11.3 Å². The smallest absolute Gasteiger partial charge is 0.410 e. The topological polar surface area (TPSA) is 41.6 Å². The van der Waals surface area contributed by atoms with E-state index in [4.69, 9.17) is 4.74 Å². The second kappa shape index (κ2) is 5.87. The van der Waals surface area contributed by atoms with Gasteiger partial charge < -0.3 is 15.0 Å². The van der Waals surface area contributed by atoms with Crippen LogP contribution in [0.5, 0.6) is 0 Å². The molecule has 2 unspecified atom stereocenters. The number of carbonyl (C=O) groups is 1. The molecule has 1 saturated heterocycles. The molecule has 2 atom stereocenters. The largest absolute Gasteiger partial charge is 0.445 e. The molecule has 1 fully saturated rings. The maximum absolute atomic E-state index is 12.0. The van der Waals surface area contributed by atoms with E-state index in [0.717, 1.165) is 12.1 Å². The predicted octanol–water partition coefficient (Wildman–Crippen LogP) is 2.01. The summed E-state index contributed by atoms with van der Waals surface area (Å²) in [5.74, 6) is 0. The van der Waals surface area contributed by atoms with Crippen molar-refractivity contribution < 1.29 is 9.53 Å². The van der Waals surface area contributed by atoms with Crippen LogP contribution in [0, 0.1) is 0 Å². The van der Waals surface area contributed by atoms with E-state index in [1.54, 1.807) is 4.90 Å². The molecule has 18 heavy (non-hydrogen) atoms. The summed E-state index contributed by atoms with van der Waals surface area (Å²) >= 11 is 0. The summed E-state index contributed by atoms with van der Waals surface area (Å²) in [5, 5.41) is 3.34. The Morgan fingerprint density at radius 1 is 1.39 bits per heavy atom. The second-order valence-corrected chi connectivity index (χ2v) is 4.85. The molecule has 1 aliphatic heterocycles. The molecule has 1 heterocycles. The van der Waals surface area contributed by atoms with Gasteiger partial charge in [-0.05, 0) is 19.4 Å². The number of rotatable bonds is 2. The molecule has 0 aromatic heterocycles. The third-order valence-corrected chi connectivity index (χ3v) is 3.20. The van der Waals surface area contributed by atoms with E-state index >= 15 is 0 Å². The molecule has 1 N–H and O–H groups in total. The second-order valence-electron chi connectivity index (χ2n) is 4.85. The molecule has 0 spiro atoms. The number of ether oxygens (including phenoxy) is 1. The minimum Gasteiger partial charge on any atom is -0.445 e. The highest BCUT2D eigenvalue weighted by atomic mass is 16.6. The van der Waals surface area contributed by atoms with Gasteiger partial charge in [0.2, 0.25) is 0 Å². The highest BCUT2D eigenvalue weighted by molar-refractivity contribution is 5.68. The zero-order chi connectivity index (χ0) is 13.0. The summed E-state index contributed by atoms with van der Waals surface area (Å²) in [6, 6.07) is 10.3. The molecular formula is C14H20N2O2. The average molecular weight is 248 g/mol. The first kappa shape index (κ1) is 12.9. The molecule has 98 valence electrons. The lowest BCUT2D eigenvalue weighted by molar-refractivity contribution is 0.0686. The predicted molar refractivity (Wildman–Crippen MR) is 70.3 cm³/mol. The molecule has 0 radical (unpaired) electrons. The highest BCUT2D eigenvalue weighted by Crippen LogP contribution is 2.10. The average Bonchev–Trinajstić information content (AvgIpc) is 2.40. The third-order valence-electron chi connectivity index (χ3n) is 3.20. The fourth-order valence-electron chi connectivity index (χ4n) is 2.08. The van der Waals surface area contributed by atoms with Crippen LogP contribution < -0.4 is 5.32 Å². The van der Waals surface area contributed by atoms with E-state index in [2.05, 4.69) is 12.2 Å². The number of amides is 1. The van der Waals surface area contributed by atoms with Crippen LogP contribution in [-0.4, -0.2) is 36.2 Å². The molecule has 0 saturated carbocycles. The third kappa shape index (κ3) is 3.23. The van der Waals surface area contributed by atoms with E-state index in [1.807, 2.05) is 37.3 Å². The summed E-state index contributed by atoms with van der Waals surface area (Å²) in [5.41, 5.74) is 1.02. The quantitative estimate of drug-likeness (QED) is 0.870. The Bertz CT molecular complexity index is 394. The van der Waals surface area contributed by atoms with Crippen molar-refractivity contribution in [2.75, 3.05) is 13.1 Å². The van der Waals surface area contributed by atoms with Crippen LogP contribution in [0.1, 0.15) is 19.4 Å². The number of nitrogens with one attached hydrogen (secondary N) is 1. The first-order valence-electron chi connectivity index (χ1n) is 6.37. The van der Waals surface area contributed by atoms with E-state index in [0.29, 0.717) is 19.2 Å². The Hall–Kier alpha value is -1.55. The fourth-order valence-corrected chi connectivity index (χ4v) is 2.08. The summed E-state index contributed by atoms with van der Waals surface area (Å²) in [6.07, 6.45) is -0.222. The maximum Gasteiger partial charge on any atom is 0.410 e. The molecular weight excluding hydrogens is 228 g/mol. The molecule has 0 bridgehead atoms. The van der Waals surface area contributed by atoms with Gasteiger partial charge in [-0.15, -0.1) is 0 Å². The van der Waals surface area contributed by atoms with Gasteiger partial charge in [-0.1, -0.05) is 30.3 Å². The van der Waals surface area contributed by atoms with Crippen molar-refractivity contribution in [2.45, 2.75) is 32.5 Å². The number of carbonyl (C=O) groups excluding carboxylic acids is 1. The Kier molecular flexibility index (Phi) is 4.20. The lowest BCUT2D eigenvalue weighted by Crippen LogP contribution is -2.56. The number of hydrogen-bond donors (Lipinski definition) is 1. The van der Waals surface area contributed by atoms with E-state index in [9.17, 15) is 4.79 Å². The normalized spacial score (nSPS) is 23.8. The first-order chi connectivity index (χ1) is 8.66. The van der Waals surface area contributed by atoms with Crippen molar-refractivity contribution in [2.24, 2.45) is 0 Å². The van der Waals surface area contributed by atoms with Crippen LogP contribution in [0.15, 0.2) is 30.3 Å². The van der Waals surface area contributed by atoms with Crippen molar-refractivity contribution in [3.05, 3.63) is 35.9 Å². The van der Waals surface area contributed by atoms with Crippen molar-refractivity contribution in [3.8, 4) is 0 Å². The molecule has 2 rings (SSSR count). The van der Waals surface area contributed by atoms with E-state index < -0.39 is 0 Å². The SMILES string of the molecule is CC1CN(C(=O)OCc2ccccc2)C(C)CN1. The van der Waals surface area contributed by atoms with Crippen molar-refractivity contribution >= 4 is 6.09 Å². The van der Waals surface area contributed by atoms with Crippen LogP contribution in [0.3, 0.4) is 0 Å². The van der Waals surface area contributed by atoms with Gasteiger partial charge in [-0.3, -0.25) is 0 Å². The lowest BCUT2D eigenvalue weighted by Gasteiger charge is -2.36. The molecule has 4 heteroatoms. The Morgan fingerprint density at radius 3 is 2.83 bits per heavy atom. The van der Waals surface area contributed by atoms with Gasteiger partial charge in [0.15, 0.2) is 0 Å². The minimum atomic E-state index is -0.222. The van der Waals surface area contributed by atoms with E-state index in [1.165, 1.54) is 0 Å². The minimum absolute atomic E-state index is 0.185. The van der Waals surface area contributed by atoms with E-state index in [-0.39, 0.29) is 12.1 Å². The van der Waals surface area contributed by atoms with Gasteiger partial charge in [-0.25, -0.2) is 4.79 Å². The van der Waals surface area contributed by atoms with Crippen LogP contribution in [0.4, 0.5) is 4.79 Å². The molecule has 1 aliphatic rings. The summed E-state index contributed by atoms with van der Waals surface area (Å²) in [4.78, 5) is 13.8. The zero-order valence-corrected chi connectivity index (χ0v) is 10.9. The monoisotopic (exact) mass is 248 g/mol. The van der Waals surface area contributed by atoms with Gasteiger partial charge in [0, 0.05) is 25.2 Å². The van der Waals surface area contributed by atoms with Gasteiger partial charge in [0.1, 0.15) is 6.61 Å². The molecule has 0 aliphatic carbocycles. The molecule has 1 aromatic carbocycles. The molecule has 1 amide bonds. The maximum atomic E-state index is 12.0. The number of hydrogen-bond acceptors (Lipinski definition) is 3. The van der Waals surface area contributed by atoms with Crippen molar-refractivity contribution in [1.82, 2.24) is 10.2 Å². The van der Waals surface area contributed by atoms with Gasteiger partial charge >= 0.3 is 6.09 Å². The van der Waals surface area contributed by atoms with Crippen molar-refractivity contribution in [3.63, 3.8) is 0 Å². The fraction of sp³-hybridized carbons (Fsp3) is 0.500. The Balaban J connectivity index is 1.87. The number of piperazine rings is 1. The lowest BCUT2D eigenvalue weighted by atomic mass is 10.1. The van der Waals surface area contributed by atoms with Gasteiger partial charge in [-0.2, -0.15) is 0 Å². The van der Waals surface area contributed by atoms with Crippen LogP contribution in [0.2, 0.25) is 0 Å². The summed E-state index contributed by atoms with van der Waals surface area (Å²) < 4.78 is 5.35. The number of nitrogens with zero attached hydrogens (tertiary/aromatic N) is 1. The highest BCUT2D eigenvalue weighted by Gasteiger charge is 2.27. The van der Waals surface area contributed by atoms with Gasteiger partial charge in [0.05, 0.1) is 0 Å². The van der Waals surface area contributed by atoms with Crippen LogP contribution in [0.25, 0.3) is 0 Å². The molecule has 1 aromatic rings. The molecule has 4 nitrogen and oxygen atoms in total. The summed E-state index contributed by atoms with van der Waals surface area (Å²) in [6.45, 7) is 5.97. The summed E-state index contributed by atoms with van der Waals surface area (Å²) in [7, 11) is 0. The standard InChI is InChI=1S/C14H20N2O2/c1-11-9-16(12(2)8-15-11)14(17)18-10-13-6-4-3-5-7-13/h3-7,11-12,15H,8-10H2,1-2H3. The first-order valence-corrected chi connectivity index (χ1v) is 6.37. The Labute approximate surface area is 108 Å². The number of benzene rings is 1. The zero-order valence-electron chi connectivity index (χ0n) is 10.9.